The van der Waals surface area contributed by atoms with Crippen LogP contribution >= 0.6 is 11.6 Å². The summed E-state index contributed by atoms with van der Waals surface area (Å²) in [4.78, 5) is 0. The molecule has 0 radical (unpaired) electrons. The van der Waals surface area contributed by atoms with Gasteiger partial charge in [0.25, 0.3) is 0 Å². The number of halogens is 2. The van der Waals surface area contributed by atoms with Crippen molar-refractivity contribution in [3.63, 3.8) is 0 Å². The summed E-state index contributed by atoms with van der Waals surface area (Å²) in [5.41, 5.74) is 0.410. The molecule has 2 aromatic carbocycles. The van der Waals surface area contributed by atoms with Gasteiger partial charge in [-0.2, -0.15) is 0 Å². The Morgan fingerprint density at radius 1 is 1.10 bits per heavy atom. The molecule has 3 nitrogen and oxygen atoms in total. The Morgan fingerprint density at radius 2 is 1.80 bits per heavy atom. The maximum atomic E-state index is 13.5. The Labute approximate surface area is 122 Å². The molecule has 0 atom stereocenters. The summed E-state index contributed by atoms with van der Waals surface area (Å²) in [7, 11) is 1.61. The first-order valence-electron chi connectivity index (χ1n) is 6.15. The van der Waals surface area contributed by atoms with E-state index in [1.807, 2.05) is 24.3 Å². The van der Waals surface area contributed by atoms with Crippen LogP contribution in [0.15, 0.2) is 42.5 Å². The lowest BCUT2D eigenvalue weighted by molar-refractivity contribution is 0.331. The lowest BCUT2D eigenvalue weighted by Gasteiger charge is -2.10. The summed E-state index contributed by atoms with van der Waals surface area (Å²) < 4.78 is 24.1. The lowest BCUT2D eigenvalue weighted by Crippen LogP contribution is -2.12. The average molecular weight is 296 g/mol. The number of rotatable bonds is 6. The number of ether oxygens (including phenoxy) is 2. The van der Waals surface area contributed by atoms with Crippen LogP contribution in [0.5, 0.6) is 11.5 Å². The minimum absolute atomic E-state index is 0.373. The molecule has 106 valence electrons. The second-order valence-electron chi connectivity index (χ2n) is 4.07. The molecule has 0 fully saturated rings. The van der Waals surface area contributed by atoms with Gasteiger partial charge in [0.15, 0.2) is 0 Å². The Morgan fingerprint density at radius 3 is 2.45 bits per heavy atom. The third kappa shape index (κ3) is 4.03. The van der Waals surface area contributed by atoms with Crippen LogP contribution in [0.25, 0.3) is 0 Å². The molecule has 20 heavy (non-hydrogen) atoms. The van der Waals surface area contributed by atoms with Crippen molar-refractivity contribution in [2.75, 3.05) is 25.6 Å². The van der Waals surface area contributed by atoms with Crippen molar-refractivity contribution in [2.24, 2.45) is 0 Å². The molecule has 0 heterocycles. The number of methoxy groups -OCH3 is 1. The number of hydrogen-bond donors (Lipinski definition) is 1. The monoisotopic (exact) mass is 295 g/mol. The van der Waals surface area contributed by atoms with Crippen LogP contribution in [0, 0.1) is 5.82 Å². The standard InChI is InChI=1S/C15H15ClFNO2/c1-19-12-3-5-13(6-4-12)20-9-8-18-15-7-2-11(16)10-14(15)17/h2-7,10,18H,8-9H2,1H3. The molecule has 0 bridgehead atoms. The van der Waals surface area contributed by atoms with Crippen molar-refractivity contribution >= 4 is 17.3 Å². The predicted octanol–water partition coefficient (Wildman–Crippen LogP) is 3.98. The highest BCUT2D eigenvalue weighted by Crippen LogP contribution is 2.19. The highest BCUT2D eigenvalue weighted by molar-refractivity contribution is 6.30. The van der Waals surface area contributed by atoms with E-state index >= 15 is 0 Å². The fraction of sp³-hybridized carbons (Fsp3) is 0.200. The Balaban J connectivity index is 1.78. The smallest absolute Gasteiger partial charge is 0.147 e. The van der Waals surface area contributed by atoms with Gasteiger partial charge >= 0.3 is 0 Å². The SMILES string of the molecule is COc1ccc(OCCNc2ccc(Cl)cc2F)cc1. The van der Waals surface area contributed by atoms with E-state index in [0.717, 1.165) is 11.5 Å². The summed E-state index contributed by atoms with van der Waals surface area (Å²) in [5, 5.41) is 3.33. The second kappa shape index (κ2) is 7.01. The van der Waals surface area contributed by atoms with Crippen LogP contribution in [-0.4, -0.2) is 20.3 Å². The van der Waals surface area contributed by atoms with Gasteiger partial charge in [-0.15, -0.1) is 0 Å². The largest absolute Gasteiger partial charge is 0.497 e. The zero-order valence-corrected chi connectivity index (χ0v) is 11.8. The Hall–Kier alpha value is -1.94. The lowest BCUT2D eigenvalue weighted by atomic mass is 10.3. The minimum atomic E-state index is -0.373. The highest BCUT2D eigenvalue weighted by Gasteiger charge is 2.02. The van der Waals surface area contributed by atoms with E-state index in [0.29, 0.717) is 23.9 Å². The van der Waals surface area contributed by atoms with Gasteiger partial charge in [0.05, 0.1) is 12.8 Å². The molecule has 0 saturated heterocycles. The van der Waals surface area contributed by atoms with E-state index in [1.165, 1.54) is 6.07 Å². The van der Waals surface area contributed by atoms with Crippen LogP contribution in [0.2, 0.25) is 5.02 Å². The first-order valence-corrected chi connectivity index (χ1v) is 6.52. The normalized spacial score (nSPS) is 10.2. The second-order valence-corrected chi connectivity index (χ2v) is 4.51. The molecule has 0 amide bonds. The quantitative estimate of drug-likeness (QED) is 0.818. The van der Waals surface area contributed by atoms with Crippen LogP contribution in [-0.2, 0) is 0 Å². The van der Waals surface area contributed by atoms with E-state index < -0.39 is 0 Å². The minimum Gasteiger partial charge on any atom is -0.497 e. The van der Waals surface area contributed by atoms with Crippen molar-refractivity contribution in [1.29, 1.82) is 0 Å². The maximum absolute atomic E-state index is 13.5. The molecular weight excluding hydrogens is 281 g/mol. The van der Waals surface area contributed by atoms with Gasteiger partial charge < -0.3 is 14.8 Å². The molecule has 0 saturated carbocycles. The van der Waals surface area contributed by atoms with Crippen LogP contribution in [0.4, 0.5) is 10.1 Å². The van der Waals surface area contributed by atoms with Crippen molar-refractivity contribution in [3.8, 4) is 11.5 Å². The highest BCUT2D eigenvalue weighted by atomic mass is 35.5. The molecule has 1 N–H and O–H groups in total. The first kappa shape index (κ1) is 14.5. The van der Waals surface area contributed by atoms with Crippen molar-refractivity contribution < 1.29 is 13.9 Å². The molecule has 0 aliphatic carbocycles. The van der Waals surface area contributed by atoms with Gasteiger partial charge in [0.1, 0.15) is 23.9 Å². The van der Waals surface area contributed by atoms with Crippen molar-refractivity contribution in [1.82, 2.24) is 0 Å². The molecule has 0 aliphatic rings. The van der Waals surface area contributed by atoms with Crippen molar-refractivity contribution in [3.05, 3.63) is 53.3 Å². The van der Waals surface area contributed by atoms with E-state index in [9.17, 15) is 4.39 Å². The zero-order chi connectivity index (χ0) is 14.4. The van der Waals surface area contributed by atoms with Crippen LogP contribution in [0.1, 0.15) is 0 Å². The summed E-state index contributed by atoms with van der Waals surface area (Å²) in [5.74, 6) is 1.14. The summed E-state index contributed by atoms with van der Waals surface area (Å²) >= 11 is 5.68. The van der Waals surface area contributed by atoms with Gasteiger partial charge in [-0.3, -0.25) is 0 Å². The molecular formula is C15H15ClFNO2. The Kier molecular flexibility index (Phi) is 5.07. The predicted molar refractivity (Wildman–Crippen MR) is 78.4 cm³/mol. The molecule has 0 spiro atoms. The summed E-state index contributed by atoms with van der Waals surface area (Å²) in [6, 6.07) is 11.8. The third-order valence-electron chi connectivity index (χ3n) is 2.68. The van der Waals surface area contributed by atoms with E-state index in [2.05, 4.69) is 5.32 Å². The van der Waals surface area contributed by atoms with E-state index in [1.54, 1.807) is 19.2 Å². The van der Waals surface area contributed by atoms with Gasteiger partial charge in [-0.05, 0) is 42.5 Å². The molecule has 2 aromatic rings. The molecule has 0 aliphatic heterocycles. The van der Waals surface area contributed by atoms with Crippen LogP contribution in [0.3, 0.4) is 0 Å². The number of anilines is 1. The van der Waals surface area contributed by atoms with Gasteiger partial charge in [0.2, 0.25) is 0 Å². The fourth-order valence-corrected chi connectivity index (χ4v) is 1.82. The molecule has 0 unspecified atom stereocenters. The number of benzene rings is 2. The zero-order valence-electron chi connectivity index (χ0n) is 11.0. The first-order chi connectivity index (χ1) is 9.69. The number of nitrogens with one attached hydrogen (secondary N) is 1. The Bertz CT molecular complexity index is 560. The van der Waals surface area contributed by atoms with E-state index in [-0.39, 0.29) is 5.82 Å². The average Bonchev–Trinajstić information content (AvgIpc) is 2.46. The fourth-order valence-electron chi connectivity index (χ4n) is 1.66. The maximum Gasteiger partial charge on any atom is 0.147 e. The summed E-state index contributed by atoms with van der Waals surface area (Å²) in [6.07, 6.45) is 0. The topological polar surface area (TPSA) is 30.5 Å². The van der Waals surface area contributed by atoms with Crippen molar-refractivity contribution in [2.45, 2.75) is 0 Å². The molecule has 2 rings (SSSR count). The molecule has 5 heteroatoms. The van der Waals surface area contributed by atoms with E-state index in [4.69, 9.17) is 21.1 Å². The van der Waals surface area contributed by atoms with Gasteiger partial charge in [-0.1, -0.05) is 11.6 Å². The summed E-state index contributed by atoms with van der Waals surface area (Å²) in [6.45, 7) is 0.916. The van der Waals surface area contributed by atoms with Gasteiger partial charge in [0, 0.05) is 11.6 Å². The van der Waals surface area contributed by atoms with Crippen LogP contribution < -0.4 is 14.8 Å². The number of hydrogen-bond acceptors (Lipinski definition) is 3. The third-order valence-corrected chi connectivity index (χ3v) is 2.91. The molecule has 0 aromatic heterocycles. The van der Waals surface area contributed by atoms with Gasteiger partial charge in [-0.25, -0.2) is 4.39 Å².